The Morgan fingerprint density at radius 2 is 1.57 bits per heavy atom. The first-order valence-electron chi connectivity index (χ1n) is 9.66. The highest BCUT2D eigenvalue weighted by atomic mass is 32.2. The Labute approximate surface area is 178 Å². The van der Waals surface area contributed by atoms with Crippen molar-refractivity contribution in [3.63, 3.8) is 0 Å². The Bertz CT molecular complexity index is 1170. The molecule has 0 atom stereocenters. The van der Waals surface area contributed by atoms with Gasteiger partial charge in [0, 0.05) is 22.9 Å². The summed E-state index contributed by atoms with van der Waals surface area (Å²) >= 11 is 1.35. The normalized spacial score (nSPS) is 10.8. The van der Waals surface area contributed by atoms with Crippen LogP contribution in [0, 0.1) is 5.82 Å². The number of carbonyl (C=O) groups is 1. The van der Waals surface area contributed by atoms with Gasteiger partial charge in [-0.05, 0) is 18.1 Å². The molecule has 4 nitrogen and oxygen atoms in total. The van der Waals surface area contributed by atoms with E-state index in [1.165, 1.54) is 17.8 Å². The van der Waals surface area contributed by atoms with Gasteiger partial charge in [0.2, 0.25) is 5.91 Å². The Kier molecular flexibility index (Phi) is 6.35. The maximum absolute atomic E-state index is 13.7. The van der Waals surface area contributed by atoms with Gasteiger partial charge >= 0.3 is 0 Å². The van der Waals surface area contributed by atoms with E-state index in [4.69, 9.17) is 0 Å². The van der Waals surface area contributed by atoms with E-state index < -0.39 is 0 Å². The lowest BCUT2D eigenvalue weighted by Crippen LogP contribution is -2.27. The lowest BCUT2D eigenvalue weighted by Gasteiger charge is -2.09. The summed E-state index contributed by atoms with van der Waals surface area (Å²) in [4.78, 5) is 12.2. The van der Waals surface area contributed by atoms with Crippen LogP contribution >= 0.6 is 11.8 Å². The van der Waals surface area contributed by atoms with Crippen LogP contribution in [0.3, 0.4) is 0 Å². The summed E-state index contributed by atoms with van der Waals surface area (Å²) < 4.78 is 13.7. The molecule has 1 aromatic heterocycles. The number of benzene rings is 3. The fourth-order valence-electron chi connectivity index (χ4n) is 3.22. The Morgan fingerprint density at radius 1 is 0.867 bits per heavy atom. The smallest absolute Gasteiger partial charge is 0.230 e. The molecule has 0 radical (unpaired) electrons. The van der Waals surface area contributed by atoms with Crippen molar-refractivity contribution in [2.24, 2.45) is 0 Å². The Hall–Kier alpha value is -3.25. The predicted octanol–water partition coefficient (Wildman–Crippen LogP) is 4.89. The van der Waals surface area contributed by atoms with Gasteiger partial charge < -0.3 is 5.32 Å². The van der Waals surface area contributed by atoms with Gasteiger partial charge in [0.15, 0.2) is 0 Å². The minimum atomic E-state index is -0.249. The first-order valence-corrected chi connectivity index (χ1v) is 10.6. The van der Waals surface area contributed by atoms with Gasteiger partial charge in [-0.25, -0.2) is 4.39 Å². The van der Waals surface area contributed by atoms with Crippen molar-refractivity contribution < 1.29 is 9.18 Å². The third-order valence-electron chi connectivity index (χ3n) is 4.71. The molecule has 30 heavy (non-hydrogen) atoms. The van der Waals surface area contributed by atoms with E-state index in [0.29, 0.717) is 18.5 Å². The standard InChI is InChI=1S/C24H20FN3OS/c25-21-13-7-4-8-17(21)14-15-26-22(29)16-30-24-20-12-6-5-11-19(20)23(27-28-24)18-9-2-1-3-10-18/h1-13H,14-16H2,(H,26,29). The van der Waals surface area contributed by atoms with Crippen molar-refractivity contribution in [3.05, 3.63) is 90.2 Å². The van der Waals surface area contributed by atoms with E-state index in [1.54, 1.807) is 18.2 Å². The van der Waals surface area contributed by atoms with E-state index in [2.05, 4.69) is 15.5 Å². The molecule has 0 aliphatic heterocycles. The number of nitrogens with one attached hydrogen (secondary N) is 1. The number of halogens is 1. The van der Waals surface area contributed by atoms with Crippen LogP contribution in [0.2, 0.25) is 0 Å². The molecule has 1 N–H and O–H groups in total. The number of thioether (sulfide) groups is 1. The fourth-order valence-corrected chi connectivity index (χ4v) is 4.02. The van der Waals surface area contributed by atoms with Crippen LogP contribution in [0.4, 0.5) is 4.39 Å². The number of aromatic nitrogens is 2. The molecular formula is C24H20FN3OS. The minimum absolute atomic E-state index is 0.116. The van der Waals surface area contributed by atoms with Crippen LogP contribution in [0.5, 0.6) is 0 Å². The molecule has 4 aromatic rings. The Morgan fingerprint density at radius 3 is 2.37 bits per heavy atom. The fraction of sp³-hybridized carbons (Fsp3) is 0.125. The SMILES string of the molecule is O=C(CSc1nnc(-c2ccccc2)c2ccccc12)NCCc1ccccc1F. The van der Waals surface area contributed by atoms with Gasteiger partial charge in [-0.2, -0.15) is 0 Å². The Balaban J connectivity index is 1.42. The van der Waals surface area contributed by atoms with Gasteiger partial charge in [-0.3, -0.25) is 4.79 Å². The average molecular weight is 418 g/mol. The summed E-state index contributed by atoms with van der Waals surface area (Å²) in [5.74, 6) is -0.142. The molecule has 4 rings (SSSR count). The average Bonchev–Trinajstić information content (AvgIpc) is 2.79. The highest BCUT2D eigenvalue weighted by Crippen LogP contribution is 2.31. The van der Waals surface area contributed by atoms with E-state index in [9.17, 15) is 9.18 Å². The summed E-state index contributed by atoms with van der Waals surface area (Å²) in [7, 11) is 0. The van der Waals surface area contributed by atoms with Gasteiger partial charge in [0.25, 0.3) is 0 Å². The van der Waals surface area contributed by atoms with Crippen molar-refractivity contribution in [2.75, 3.05) is 12.3 Å². The number of hydrogen-bond acceptors (Lipinski definition) is 4. The number of carbonyl (C=O) groups excluding carboxylic acids is 1. The van der Waals surface area contributed by atoms with Gasteiger partial charge in [0.1, 0.15) is 16.5 Å². The zero-order valence-electron chi connectivity index (χ0n) is 16.2. The highest BCUT2D eigenvalue weighted by Gasteiger charge is 2.12. The van der Waals surface area contributed by atoms with E-state index in [0.717, 1.165) is 27.1 Å². The molecule has 0 spiro atoms. The van der Waals surface area contributed by atoms with Crippen LogP contribution in [0.1, 0.15) is 5.56 Å². The summed E-state index contributed by atoms with van der Waals surface area (Å²) in [6.45, 7) is 0.389. The number of amides is 1. The molecule has 0 saturated heterocycles. The first kappa shape index (κ1) is 20.0. The number of rotatable bonds is 7. The largest absolute Gasteiger partial charge is 0.355 e. The molecule has 1 heterocycles. The van der Waals surface area contributed by atoms with Crippen LogP contribution in [-0.2, 0) is 11.2 Å². The van der Waals surface area contributed by atoms with Crippen molar-refractivity contribution in [2.45, 2.75) is 11.4 Å². The molecule has 0 aliphatic carbocycles. The molecule has 0 saturated carbocycles. The molecule has 3 aromatic carbocycles. The predicted molar refractivity (Wildman–Crippen MR) is 119 cm³/mol. The van der Waals surface area contributed by atoms with E-state index >= 15 is 0 Å². The van der Waals surface area contributed by atoms with Crippen molar-refractivity contribution in [1.82, 2.24) is 15.5 Å². The van der Waals surface area contributed by atoms with E-state index in [-0.39, 0.29) is 17.5 Å². The topological polar surface area (TPSA) is 54.9 Å². The third-order valence-corrected chi connectivity index (χ3v) is 5.70. The maximum Gasteiger partial charge on any atom is 0.230 e. The highest BCUT2D eigenvalue weighted by molar-refractivity contribution is 8.00. The zero-order chi connectivity index (χ0) is 20.8. The number of fused-ring (bicyclic) bond motifs is 1. The molecule has 0 unspecified atom stereocenters. The van der Waals surface area contributed by atoms with Crippen LogP contribution in [-0.4, -0.2) is 28.4 Å². The van der Waals surface area contributed by atoms with Crippen LogP contribution in [0.15, 0.2) is 83.9 Å². The molecule has 0 fully saturated rings. The summed E-state index contributed by atoms with van der Waals surface area (Å²) in [5.41, 5.74) is 2.42. The third kappa shape index (κ3) is 4.66. The first-order chi connectivity index (χ1) is 14.7. The summed E-state index contributed by atoms with van der Waals surface area (Å²) in [6, 6.07) is 24.5. The molecule has 0 aliphatic rings. The van der Waals surface area contributed by atoms with Crippen molar-refractivity contribution >= 4 is 28.4 Å². The number of hydrogen-bond donors (Lipinski definition) is 1. The van der Waals surface area contributed by atoms with Crippen molar-refractivity contribution in [3.8, 4) is 11.3 Å². The second kappa shape index (κ2) is 9.50. The quantitative estimate of drug-likeness (QED) is 0.435. The second-order valence-electron chi connectivity index (χ2n) is 6.75. The van der Waals surface area contributed by atoms with E-state index in [1.807, 2.05) is 54.6 Å². The molecule has 6 heteroatoms. The lowest BCUT2D eigenvalue weighted by molar-refractivity contribution is -0.118. The van der Waals surface area contributed by atoms with Gasteiger partial charge in [-0.1, -0.05) is 84.6 Å². The monoisotopic (exact) mass is 417 g/mol. The second-order valence-corrected chi connectivity index (χ2v) is 7.71. The maximum atomic E-state index is 13.7. The van der Waals surface area contributed by atoms with Crippen LogP contribution < -0.4 is 5.32 Å². The molecular weight excluding hydrogens is 397 g/mol. The zero-order valence-corrected chi connectivity index (χ0v) is 17.0. The summed E-state index contributed by atoms with van der Waals surface area (Å²) in [5, 5.41) is 14.3. The lowest BCUT2D eigenvalue weighted by atomic mass is 10.1. The van der Waals surface area contributed by atoms with Crippen LogP contribution in [0.25, 0.3) is 22.0 Å². The van der Waals surface area contributed by atoms with Gasteiger partial charge in [-0.15, -0.1) is 10.2 Å². The summed E-state index contributed by atoms with van der Waals surface area (Å²) in [6.07, 6.45) is 0.456. The molecule has 0 bridgehead atoms. The minimum Gasteiger partial charge on any atom is -0.355 e. The van der Waals surface area contributed by atoms with Crippen molar-refractivity contribution in [1.29, 1.82) is 0 Å². The number of nitrogens with zero attached hydrogens (tertiary/aromatic N) is 2. The molecule has 150 valence electrons. The molecule has 1 amide bonds. The van der Waals surface area contributed by atoms with Gasteiger partial charge in [0.05, 0.1) is 5.75 Å².